The van der Waals surface area contributed by atoms with E-state index in [1.54, 1.807) is 23.0 Å². The lowest BCUT2D eigenvalue weighted by Gasteiger charge is -2.04. The molecule has 0 amide bonds. The van der Waals surface area contributed by atoms with Gasteiger partial charge < -0.3 is 5.84 Å². The van der Waals surface area contributed by atoms with Gasteiger partial charge in [0.1, 0.15) is 0 Å². The summed E-state index contributed by atoms with van der Waals surface area (Å²) in [5, 5.41) is 3.43. The molecule has 0 atom stereocenters. The molecular formula is C12H11N3O. The summed E-state index contributed by atoms with van der Waals surface area (Å²) in [5.41, 5.74) is 1.66. The summed E-state index contributed by atoms with van der Waals surface area (Å²) in [5.74, 6) is 5.05. The lowest BCUT2D eigenvalue weighted by atomic mass is 10.2. The summed E-state index contributed by atoms with van der Waals surface area (Å²) >= 11 is 0. The van der Waals surface area contributed by atoms with Crippen molar-refractivity contribution in [2.45, 2.75) is 0 Å². The van der Waals surface area contributed by atoms with Gasteiger partial charge in [0.25, 0.3) is 5.56 Å². The van der Waals surface area contributed by atoms with Crippen molar-refractivity contribution in [3.8, 4) is 5.69 Å². The molecule has 4 heteroatoms. The zero-order valence-corrected chi connectivity index (χ0v) is 8.58. The van der Waals surface area contributed by atoms with Crippen LogP contribution in [0.25, 0.3) is 5.69 Å². The van der Waals surface area contributed by atoms with E-state index >= 15 is 0 Å². The summed E-state index contributed by atoms with van der Waals surface area (Å²) in [6, 6.07) is 12.5. The Labute approximate surface area is 92.6 Å². The molecule has 16 heavy (non-hydrogen) atoms. The van der Waals surface area contributed by atoms with Gasteiger partial charge in [0, 0.05) is 18.0 Å². The lowest BCUT2D eigenvalue weighted by Crippen LogP contribution is -2.15. The van der Waals surface area contributed by atoms with E-state index in [0.717, 1.165) is 11.3 Å². The first-order valence-corrected chi connectivity index (χ1v) is 4.82. The first-order valence-electron chi connectivity index (χ1n) is 4.82. The number of benzene rings is 1. The molecule has 1 aromatic heterocycles. The number of hydrogen-bond acceptors (Lipinski definition) is 3. The van der Waals surface area contributed by atoms with Crippen LogP contribution in [-0.4, -0.2) is 10.8 Å². The lowest BCUT2D eigenvalue weighted by molar-refractivity contribution is 0.990. The van der Waals surface area contributed by atoms with Crippen LogP contribution >= 0.6 is 0 Å². The summed E-state index contributed by atoms with van der Waals surface area (Å²) in [4.78, 5) is 11.5. The van der Waals surface area contributed by atoms with Crippen LogP contribution in [0.3, 0.4) is 0 Å². The van der Waals surface area contributed by atoms with E-state index in [1.807, 2.05) is 30.3 Å². The van der Waals surface area contributed by atoms with Crippen LogP contribution in [0.5, 0.6) is 0 Å². The molecule has 0 fully saturated rings. The second kappa shape index (κ2) is 4.44. The van der Waals surface area contributed by atoms with Gasteiger partial charge in [0.2, 0.25) is 0 Å². The Morgan fingerprint density at radius 2 is 1.88 bits per heavy atom. The minimum atomic E-state index is -0.0530. The summed E-state index contributed by atoms with van der Waals surface area (Å²) in [6.07, 6.45) is 3.28. The Morgan fingerprint density at radius 3 is 2.50 bits per heavy atom. The third-order valence-corrected chi connectivity index (χ3v) is 2.22. The molecule has 1 aromatic carbocycles. The van der Waals surface area contributed by atoms with Gasteiger partial charge >= 0.3 is 0 Å². The molecule has 0 radical (unpaired) electrons. The van der Waals surface area contributed by atoms with Gasteiger partial charge in [-0.3, -0.25) is 9.36 Å². The minimum Gasteiger partial charge on any atom is -0.323 e. The fraction of sp³-hybridized carbons (Fsp3) is 0. The monoisotopic (exact) mass is 213 g/mol. The van der Waals surface area contributed by atoms with E-state index < -0.39 is 0 Å². The van der Waals surface area contributed by atoms with Gasteiger partial charge in [-0.1, -0.05) is 18.2 Å². The van der Waals surface area contributed by atoms with Crippen molar-refractivity contribution in [3.63, 3.8) is 0 Å². The topological polar surface area (TPSA) is 60.4 Å². The molecule has 0 aliphatic heterocycles. The van der Waals surface area contributed by atoms with Gasteiger partial charge in [0.05, 0.1) is 6.21 Å². The predicted molar refractivity (Wildman–Crippen MR) is 63.8 cm³/mol. The Bertz CT molecular complexity index is 555. The van der Waals surface area contributed by atoms with Gasteiger partial charge in [-0.25, -0.2) is 0 Å². The third-order valence-electron chi connectivity index (χ3n) is 2.22. The Morgan fingerprint density at radius 1 is 1.12 bits per heavy atom. The first-order chi connectivity index (χ1) is 7.81. The van der Waals surface area contributed by atoms with Crippen molar-refractivity contribution >= 4 is 6.21 Å². The van der Waals surface area contributed by atoms with Gasteiger partial charge in [0.15, 0.2) is 0 Å². The maximum Gasteiger partial charge on any atom is 0.255 e. The molecule has 2 rings (SSSR count). The van der Waals surface area contributed by atoms with E-state index in [-0.39, 0.29) is 5.56 Å². The molecule has 2 aromatic rings. The van der Waals surface area contributed by atoms with Crippen LogP contribution in [0.4, 0.5) is 0 Å². The van der Waals surface area contributed by atoms with Crippen LogP contribution in [0.1, 0.15) is 5.56 Å². The van der Waals surface area contributed by atoms with Crippen molar-refractivity contribution < 1.29 is 0 Å². The maximum absolute atomic E-state index is 11.5. The number of nitrogens with two attached hydrogens (primary N) is 1. The predicted octanol–water partition coefficient (Wildman–Crippen LogP) is 1.13. The third kappa shape index (κ3) is 2.00. The second-order valence-electron chi connectivity index (χ2n) is 3.28. The fourth-order valence-electron chi connectivity index (χ4n) is 1.45. The quantitative estimate of drug-likeness (QED) is 0.462. The molecule has 0 spiro atoms. The Kier molecular flexibility index (Phi) is 2.82. The molecular weight excluding hydrogens is 202 g/mol. The molecule has 0 saturated carbocycles. The average molecular weight is 213 g/mol. The molecule has 1 heterocycles. The van der Waals surface area contributed by atoms with E-state index in [9.17, 15) is 4.79 Å². The largest absolute Gasteiger partial charge is 0.323 e. The Hall–Kier alpha value is -2.36. The highest BCUT2D eigenvalue weighted by Crippen LogP contribution is 2.06. The first kappa shape index (κ1) is 10.2. The zero-order chi connectivity index (χ0) is 11.4. The van der Waals surface area contributed by atoms with Crippen molar-refractivity contribution in [2.24, 2.45) is 10.9 Å². The highest BCUT2D eigenvalue weighted by Gasteiger charge is 1.97. The van der Waals surface area contributed by atoms with Gasteiger partial charge in [-0.05, 0) is 23.8 Å². The summed E-state index contributed by atoms with van der Waals surface area (Å²) < 4.78 is 1.57. The molecule has 0 unspecified atom stereocenters. The molecule has 0 aliphatic rings. The SMILES string of the molecule is N/N=C/c1ccc(-n2ccccc2=O)cc1. The number of nitrogens with zero attached hydrogens (tertiary/aromatic N) is 2. The van der Waals surface area contributed by atoms with Crippen molar-refractivity contribution in [2.75, 3.05) is 0 Å². The van der Waals surface area contributed by atoms with Crippen LogP contribution in [0.2, 0.25) is 0 Å². The minimum absolute atomic E-state index is 0.0530. The molecule has 2 N–H and O–H groups in total. The van der Waals surface area contributed by atoms with Crippen molar-refractivity contribution in [1.29, 1.82) is 0 Å². The summed E-state index contributed by atoms with van der Waals surface area (Å²) in [7, 11) is 0. The normalized spacial score (nSPS) is 10.8. The highest BCUT2D eigenvalue weighted by atomic mass is 16.1. The molecule has 0 saturated heterocycles. The van der Waals surface area contributed by atoms with Crippen LogP contribution < -0.4 is 11.4 Å². The second-order valence-corrected chi connectivity index (χ2v) is 3.28. The molecule has 0 bridgehead atoms. The Balaban J connectivity index is 2.43. The van der Waals surface area contributed by atoms with Crippen molar-refractivity contribution in [3.05, 3.63) is 64.6 Å². The number of rotatable bonds is 2. The highest BCUT2D eigenvalue weighted by molar-refractivity contribution is 5.79. The maximum atomic E-state index is 11.5. The molecule has 80 valence electrons. The number of pyridine rings is 1. The van der Waals surface area contributed by atoms with E-state index in [0.29, 0.717) is 0 Å². The smallest absolute Gasteiger partial charge is 0.255 e. The van der Waals surface area contributed by atoms with Crippen LogP contribution in [0.15, 0.2) is 58.6 Å². The van der Waals surface area contributed by atoms with E-state index in [2.05, 4.69) is 5.10 Å². The standard InChI is InChI=1S/C12H11N3O/c13-14-9-10-4-6-11(7-5-10)15-8-2-1-3-12(15)16/h1-9H,13H2/b14-9+. The van der Waals surface area contributed by atoms with Gasteiger partial charge in [-0.15, -0.1) is 0 Å². The number of aromatic nitrogens is 1. The number of hydrogen-bond donors (Lipinski definition) is 1. The zero-order valence-electron chi connectivity index (χ0n) is 8.58. The van der Waals surface area contributed by atoms with Crippen LogP contribution in [-0.2, 0) is 0 Å². The average Bonchev–Trinajstić information content (AvgIpc) is 2.31. The molecule has 0 aliphatic carbocycles. The van der Waals surface area contributed by atoms with Crippen molar-refractivity contribution in [1.82, 2.24) is 4.57 Å². The fourth-order valence-corrected chi connectivity index (χ4v) is 1.45. The summed E-state index contributed by atoms with van der Waals surface area (Å²) in [6.45, 7) is 0. The van der Waals surface area contributed by atoms with Crippen LogP contribution in [0, 0.1) is 0 Å². The van der Waals surface area contributed by atoms with E-state index in [4.69, 9.17) is 5.84 Å². The molecule has 4 nitrogen and oxygen atoms in total. The van der Waals surface area contributed by atoms with Gasteiger partial charge in [-0.2, -0.15) is 5.10 Å². The number of hydrazone groups is 1. The van der Waals surface area contributed by atoms with E-state index in [1.165, 1.54) is 6.07 Å².